The molecule has 1 fully saturated rings. The summed E-state index contributed by atoms with van der Waals surface area (Å²) in [5, 5.41) is 2.83. The van der Waals surface area contributed by atoms with Crippen LogP contribution in [-0.2, 0) is 10.0 Å². The number of carbonyl (C=O) groups excluding carboxylic acids is 1. The zero-order chi connectivity index (χ0) is 21.9. The highest BCUT2D eigenvalue weighted by Crippen LogP contribution is 2.30. The van der Waals surface area contributed by atoms with Gasteiger partial charge in [-0.15, -0.1) is 0 Å². The summed E-state index contributed by atoms with van der Waals surface area (Å²) in [7, 11) is -0.770. The van der Waals surface area contributed by atoms with E-state index in [0.29, 0.717) is 30.3 Å². The second-order valence-electron chi connectivity index (χ2n) is 7.31. The summed E-state index contributed by atoms with van der Waals surface area (Å²) < 4.78 is 38.1. The summed E-state index contributed by atoms with van der Waals surface area (Å²) >= 11 is 6.21. The predicted octanol–water partition coefficient (Wildman–Crippen LogP) is 4.03. The number of rotatable bonds is 6. The first-order valence-electron chi connectivity index (χ1n) is 9.58. The summed E-state index contributed by atoms with van der Waals surface area (Å²) in [5.41, 5.74) is 0.644. The highest BCUT2D eigenvalue weighted by Gasteiger charge is 2.31. The average Bonchev–Trinajstić information content (AvgIpc) is 2.73. The van der Waals surface area contributed by atoms with Gasteiger partial charge in [-0.05, 0) is 37.0 Å². The molecule has 1 heterocycles. The SMILES string of the molecule is COc1cc(NC(=O)c2ccc(Cl)c(S(=O)(=O)N3CCCC(C)C3)c2)cc(OC)c1. The molecular formula is C21H25ClN2O5S. The first-order chi connectivity index (χ1) is 14.2. The number of ether oxygens (including phenoxy) is 2. The van der Waals surface area contributed by atoms with Crippen molar-refractivity contribution in [2.24, 2.45) is 5.92 Å². The van der Waals surface area contributed by atoms with Gasteiger partial charge in [-0.25, -0.2) is 8.42 Å². The Labute approximate surface area is 182 Å². The van der Waals surface area contributed by atoms with E-state index in [1.807, 2.05) is 6.92 Å². The summed E-state index contributed by atoms with van der Waals surface area (Å²) in [6.07, 6.45) is 1.79. The lowest BCUT2D eigenvalue weighted by atomic mass is 10.0. The lowest BCUT2D eigenvalue weighted by Crippen LogP contribution is -2.39. The Balaban J connectivity index is 1.88. The number of piperidine rings is 1. The molecule has 1 aliphatic rings. The number of halogens is 1. The number of anilines is 1. The molecule has 2 aromatic carbocycles. The number of nitrogens with zero attached hydrogens (tertiary/aromatic N) is 1. The summed E-state index contributed by atoms with van der Waals surface area (Å²) in [6, 6.07) is 9.22. The van der Waals surface area contributed by atoms with Gasteiger partial charge in [0.15, 0.2) is 0 Å². The molecule has 1 unspecified atom stereocenters. The minimum absolute atomic E-state index is 0.0610. The van der Waals surface area contributed by atoms with Crippen molar-refractivity contribution in [1.29, 1.82) is 0 Å². The van der Waals surface area contributed by atoms with Gasteiger partial charge in [0.1, 0.15) is 16.4 Å². The molecule has 3 rings (SSSR count). The van der Waals surface area contributed by atoms with Gasteiger partial charge in [0.25, 0.3) is 5.91 Å². The van der Waals surface area contributed by atoms with Gasteiger partial charge in [-0.2, -0.15) is 4.31 Å². The molecule has 0 bridgehead atoms. The normalized spacial score (nSPS) is 17.4. The van der Waals surface area contributed by atoms with Crippen LogP contribution in [0.15, 0.2) is 41.3 Å². The fourth-order valence-corrected chi connectivity index (χ4v) is 5.53. The summed E-state index contributed by atoms with van der Waals surface area (Å²) in [6.45, 7) is 2.91. The number of benzene rings is 2. The highest BCUT2D eigenvalue weighted by atomic mass is 35.5. The van der Waals surface area contributed by atoms with Gasteiger partial charge in [0, 0.05) is 42.5 Å². The van der Waals surface area contributed by atoms with E-state index in [-0.39, 0.29) is 21.4 Å². The largest absolute Gasteiger partial charge is 0.497 e. The van der Waals surface area contributed by atoms with Gasteiger partial charge in [0.2, 0.25) is 10.0 Å². The van der Waals surface area contributed by atoms with Crippen LogP contribution in [0.25, 0.3) is 0 Å². The zero-order valence-corrected chi connectivity index (χ0v) is 18.7. The Hall–Kier alpha value is -2.29. The van der Waals surface area contributed by atoms with Gasteiger partial charge < -0.3 is 14.8 Å². The second-order valence-corrected chi connectivity index (χ2v) is 9.62. The molecule has 9 heteroatoms. The molecule has 1 aliphatic heterocycles. The molecule has 1 atom stereocenters. The van der Waals surface area contributed by atoms with E-state index in [0.717, 1.165) is 12.8 Å². The fraction of sp³-hybridized carbons (Fsp3) is 0.381. The molecule has 2 aromatic rings. The number of carbonyl (C=O) groups is 1. The van der Waals surface area contributed by atoms with Crippen LogP contribution in [0, 0.1) is 5.92 Å². The van der Waals surface area contributed by atoms with Crippen molar-refractivity contribution in [3.8, 4) is 11.5 Å². The van der Waals surface area contributed by atoms with E-state index in [1.165, 1.54) is 36.7 Å². The van der Waals surface area contributed by atoms with Gasteiger partial charge in [-0.1, -0.05) is 18.5 Å². The van der Waals surface area contributed by atoms with Crippen LogP contribution in [0.5, 0.6) is 11.5 Å². The van der Waals surface area contributed by atoms with Crippen molar-refractivity contribution < 1.29 is 22.7 Å². The van der Waals surface area contributed by atoms with Crippen molar-refractivity contribution in [3.63, 3.8) is 0 Å². The number of hydrogen-bond donors (Lipinski definition) is 1. The molecule has 0 saturated carbocycles. The van der Waals surface area contributed by atoms with Crippen LogP contribution in [0.4, 0.5) is 5.69 Å². The third kappa shape index (κ3) is 4.88. The maximum Gasteiger partial charge on any atom is 0.255 e. The molecule has 1 N–H and O–H groups in total. The molecule has 0 aromatic heterocycles. The van der Waals surface area contributed by atoms with Crippen molar-refractivity contribution >= 4 is 33.2 Å². The first kappa shape index (κ1) is 22.4. The zero-order valence-electron chi connectivity index (χ0n) is 17.1. The van der Waals surface area contributed by atoms with E-state index in [4.69, 9.17) is 21.1 Å². The quantitative estimate of drug-likeness (QED) is 0.715. The third-order valence-corrected chi connectivity index (χ3v) is 7.39. The monoisotopic (exact) mass is 452 g/mol. The van der Waals surface area contributed by atoms with E-state index in [2.05, 4.69) is 5.32 Å². The topological polar surface area (TPSA) is 84.9 Å². The number of amides is 1. The Bertz CT molecular complexity index is 1020. The van der Waals surface area contributed by atoms with Crippen molar-refractivity contribution in [3.05, 3.63) is 47.0 Å². The summed E-state index contributed by atoms with van der Waals surface area (Å²) in [4.78, 5) is 12.7. The van der Waals surface area contributed by atoms with Gasteiger partial charge in [-0.3, -0.25) is 4.79 Å². The second kappa shape index (κ2) is 9.24. The van der Waals surface area contributed by atoms with Crippen LogP contribution in [0.2, 0.25) is 5.02 Å². The highest BCUT2D eigenvalue weighted by molar-refractivity contribution is 7.89. The number of sulfonamides is 1. The third-order valence-electron chi connectivity index (χ3n) is 5.04. The Kier molecular flexibility index (Phi) is 6.90. The van der Waals surface area contributed by atoms with Crippen molar-refractivity contribution in [2.45, 2.75) is 24.7 Å². The number of nitrogens with one attached hydrogen (secondary N) is 1. The van der Waals surface area contributed by atoms with Gasteiger partial charge >= 0.3 is 0 Å². The van der Waals surface area contributed by atoms with E-state index in [9.17, 15) is 13.2 Å². The molecule has 162 valence electrons. The van der Waals surface area contributed by atoms with Crippen molar-refractivity contribution in [1.82, 2.24) is 4.31 Å². The molecule has 1 saturated heterocycles. The molecule has 0 aliphatic carbocycles. The molecule has 0 spiro atoms. The molecule has 0 radical (unpaired) electrons. The van der Waals surface area contributed by atoms with Gasteiger partial charge in [0.05, 0.1) is 19.2 Å². The van der Waals surface area contributed by atoms with E-state index in [1.54, 1.807) is 18.2 Å². The lowest BCUT2D eigenvalue weighted by molar-refractivity contribution is 0.102. The van der Waals surface area contributed by atoms with Crippen LogP contribution in [0.1, 0.15) is 30.1 Å². The van der Waals surface area contributed by atoms with Crippen LogP contribution < -0.4 is 14.8 Å². The molecular weight excluding hydrogens is 428 g/mol. The minimum Gasteiger partial charge on any atom is -0.497 e. The maximum atomic E-state index is 13.1. The Morgan fingerprint density at radius 2 is 1.80 bits per heavy atom. The molecule has 7 nitrogen and oxygen atoms in total. The standard InChI is InChI=1S/C21H25ClN2O5S/c1-14-5-4-8-24(13-14)30(26,27)20-9-15(6-7-19(20)22)21(25)23-16-10-17(28-2)12-18(11-16)29-3/h6-7,9-12,14H,4-5,8,13H2,1-3H3,(H,23,25). The number of methoxy groups -OCH3 is 2. The Morgan fingerprint density at radius 3 is 2.40 bits per heavy atom. The van der Waals surface area contributed by atoms with E-state index < -0.39 is 15.9 Å². The van der Waals surface area contributed by atoms with Crippen LogP contribution in [0.3, 0.4) is 0 Å². The van der Waals surface area contributed by atoms with Crippen LogP contribution >= 0.6 is 11.6 Å². The average molecular weight is 453 g/mol. The van der Waals surface area contributed by atoms with E-state index >= 15 is 0 Å². The molecule has 1 amide bonds. The first-order valence-corrected chi connectivity index (χ1v) is 11.4. The maximum absolute atomic E-state index is 13.1. The van der Waals surface area contributed by atoms with Crippen LogP contribution in [-0.4, -0.2) is 45.9 Å². The predicted molar refractivity (Wildman–Crippen MR) is 116 cm³/mol. The number of hydrogen-bond acceptors (Lipinski definition) is 5. The lowest BCUT2D eigenvalue weighted by Gasteiger charge is -2.30. The fourth-order valence-electron chi connectivity index (χ4n) is 3.43. The molecule has 30 heavy (non-hydrogen) atoms. The summed E-state index contributed by atoms with van der Waals surface area (Å²) in [5.74, 6) is 0.846. The minimum atomic E-state index is -3.79. The smallest absolute Gasteiger partial charge is 0.255 e. The Morgan fingerprint density at radius 1 is 1.13 bits per heavy atom. The van der Waals surface area contributed by atoms with Crippen molar-refractivity contribution in [2.75, 3.05) is 32.6 Å².